The Balaban J connectivity index is 1.75. The van der Waals surface area contributed by atoms with Crippen molar-refractivity contribution in [1.29, 1.82) is 0 Å². The fourth-order valence-electron chi connectivity index (χ4n) is 3.16. The highest BCUT2D eigenvalue weighted by atomic mass is 16.1. The monoisotopic (exact) mass is 235 g/mol. The summed E-state index contributed by atoms with van der Waals surface area (Å²) in [7, 11) is 2.19. The van der Waals surface area contributed by atoms with Crippen molar-refractivity contribution in [2.75, 3.05) is 12.4 Å². The van der Waals surface area contributed by atoms with Crippen LogP contribution in [0.4, 0.5) is 5.95 Å². The van der Waals surface area contributed by atoms with E-state index in [0.29, 0.717) is 18.0 Å². The van der Waals surface area contributed by atoms with Crippen LogP contribution >= 0.6 is 0 Å². The minimum atomic E-state index is -0.212. The second kappa shape index (κ2) is 4.10. The summed E-state index contributed by atoms with van der Waals surface area (Å²) in [5.74, 6) is 0.487. The van der Waals surface area contributed by atoms with Gasteiger partial charge in [-0.3, -0.25) is 14.7 Å². The van der Waals surface area contributed by atoms with Crippen LogP contribution in [0.15, 0.2) is 11.0 Å². The maximum atomic E-state index is 11.1. The average Bonchev–Trinajstić information content (AvgIpc) is 2.55. The van der Waals surface area contributed by atoms with E-state index < -0.39 is 0 Å². The maximum absolute atomic E-state index is 11.1. The van der Waals surface area contributed by atoms with Crippen LogP contribution in [-0.2, 0) is 0 Å². The number of anilines is 1. The molecule has 6 heteroatoms. The van der Waals surface area contributed by atoms with E-state index in [1.165, 1.54) is 25.5 Å². The third-order valence-electron chi connectivity index (χ3n) is 4.07. The van der Waals surface area contributed by atoms with Crippen molar-refractivity contribution in [2.24, 2.45) is 0 Å². The van der Waals surface area contributed by atoms with Gasteiger partial charge in [0, 0.05) is 18.1 Å². The van der Waals surface area contributed by atoms with Crippen molar-refractivity contribution in [3.63, 3.8) is 0 Å². The van der Waals surface area contributed by atoms with E-state index in [4.69, 9.17) is 0 Å². The number of H-pyrrole nitrogens is 1. The first-order valence-corrected chi connectivity index (χ1v) is 6.14. The zero-order chi connectivity index (χ0) is 11.8. The molecule has 3 atom stereocenters. The quantitative estimate of drug-likeness (QED) is 0.766. The molecule has 0 saturated carbocycles. The predicted molar refractivity (Wildman–Crippen MR) is 63.9 cm³/mol. The Hall–Kier alpha value is -1.43. The number of aromatic amines is 1. The van der Waals surface area contributed by atoms with Crippen LogP contribution in [0.5, 0.6) is 0 Å². The molecule has 1 aromatic heterocycles. The van der Waals surface area contributed by atoms with Gasteiger partial charge in [0.05, 0.1) is 0 Å². The molecule has 17 heavy (non-hydrogen) atoms. The third kappa shape index (κ3) is 1.93. The van der Waals surface area contributed by atoms with Crippen LogP contribution in [0.1, 0.15) is 25.7 Å². The molecule has 2 bridgehead atoms. The summed E-state index contributed by atoms with van der Waals surface area (Å²) >= 11 is 0. The molecule has 2 aliphatic rings. The molecule has 2 N–H and O–H groups in total. The maximum Gasteiger partial charge on any atom is 0.271 e. The Labute approximate surface area is 99.4 Å². The largest absolute Gasteiger partial charge is 0.350 e. The standard InChI is InChI=1S/C11H17N5O/c1-16-7-2-4-8(9(16)5-3-7)13-11-14-10(17)6-12-15-11/h6-9H,2-5H2,1H3,(H2,13,14,15,17). The molecular formula is C11H17N5O. The second-order valence-corrected chi connectivity index (χ2v) is 4.97. The summed E-state index contributed by atoms with van der Waals surface area (Å²) in [6.07, 6.45) is 6.05. The number of nitrogens with one attached hydrogen (secondary N) is 2. The molecule has 3 heterocycles. The first-order chi connectivity index (χ1) is 8.24. The molecule has 3 rings (SSSR count). The van der Waals surface area contributed by atoms with E-state index >= 15 is 0 Å². The van der Waals surface area contributed by atoms with E-state index in [0.717, 1.165) is 12.5 Å². The lowest BCUT2D eigenvalue weighted by molar-refractivity contribution is 0.165. The minimum absolute atomic E-state index is 0.212. The van der Waals surface area contributed by atoms with Gasteiger partial charge in [-0.1, -0.05) is 0 Å². The highest BCUT2D eigenvalue weighted by Gasteiger charge is 2.40. The zero-order valence-electron chi connectivity index (χ0n) is 9.89. The molecule has 3 unspecified atom stereocenters. The van der Waals surface area contributed by atoms with Crippen molar-refractivity contribution in [2.45, 2.75) is 43.8 Å². The van der Waals surface area contributed by atoms with Crippen LogP contribution in [-0.4, -0.2) is 45.3 Å². The lowest BCUT2D eigenvalue weighted by Crippen LogP contribution is -2.48. The third-order valence-corrected chi connectivity index (χ3v) is 4.07. The van der Waals surface area contributed by atoms with Crippen LogP contribution in [0.2, 0.25) is 0 Å². The molecular weight excluding hydrogens is 218 g/mol. The van der Waals surface area contributed by atoms with Crippen LogP contribution in [0.3, 0.4) is 0 Å². The number of fused-ring (bicyclic) bond motifs is 2. The molecule has 0 spiro atoms. The molecule has 2 saturated heterocycles. The lowest BCUT2D eigenvalue weighted by atomic mass is 9.98. The van der Waals surface area contributed by atoms with Gasteiger partial charge in [0.25, 0.3) is 5.56 Å². The van der Waals surface area contributed by atoms with Gasteiger partial charge in [-0.25, -0.2) is 0 Å². The number of aromatic nitrogens is 3. The molecule has 0 radical (unpaired) electrons. The van der Waals surface area contributed by atoms with E-state index in [1.54, 1.807) is 0 Å². The molecule has 2 fully saturated rings. The number of likely N-dealkylation sites (N-methyl/N-ethyl adjacent to an activating group) is 1. The van der Waals surface area contributed by atoms with Crippen molar-refractivity contribution >= 4 is 5.95 Å². The van der Waals surface area contributed by atoms with Crippen molar-refractivity contribution in [1.82, 2.24) is 20.1 Å². The van der Waals surface area contributed by atoms with Gasteiger partial charge in [-0.2, -0.15) is 0 Å². The lowest BCUT2D eigenvalue weighted by Gasteiger charge is -2.37. The fraction of sp³-hybridized carbons (Fsp3) is 0.727. The smallest absolute Gasteiger partial charge is 0.271 e. The SMILES string of the molecule is CN1C2CCC(Nc3nncc(=O)[nH]3)C1CC2. The molecule has 0 aromatic carbocycles. The van der Waals surface area contributed by atoms with Crippen molar-refractivity contribution in [3.05, 3.63) is 16.6 Å². The van der Waals surface area contributed by atoms with Crippen LogP contribution in [0, 0.1) is 0 Å². The van der Waals surface area contributed by atoms with Gasteiger partial charge >= 0.3 is 0 Å². The molecule has 6 nitrogen and oxygen atoms in total. The number of hydrogen-bond acceptors (Lipinski definition) is 5. The van der Waals surface area contributed by atoms with Crippen molar-refractivity contribution < 1.29 is 0 Å². The average molecular weight is 235 g/mol. The number of nitrogens with zero attached hydrogens (tertiary/aromatic N) is 3. The van der Waals surface area contributed by atoms with E-state index in [-0.39, 0.29) is 5.56 Å². The van der Waals surface area contributed by atoms with E-state index in [1.807, 2.05) is 0 Å². The van der Waals surface area contributed by atoms with Crippen LogP contribution < -0.4 is 10.9 Å². The molecule has 0 amide bonds. The second-order valence-electron chi connectivity index (χ2n) is 4.97. The predicted octanol–water partition coefficient (Wildman–Crippen LogP) is 0.202. The number of rotatable bonds is 2. The van der Waals surface area contributed by atoms with E-state index in [2.05, 4.69) is 32.4 Å². The Kier molecular flexibility index (Phi) is 2.58. The first kappa shape index (κ1) is 10.7. The zero-order valence-corrected chi connectivity index (χ0v) is 9.89. The molecule has 2 aliphatic heterocycles. The summed E-state index contributed by atoms with van der Waals surface area (Å²) in [5.41, 5.74) is -0.212. The molecule has 1 aromatic rings. The minimum Gasteiger partial charge on any atom is -0.350 e. The number of hydrogen-bond donors (Lipinski definition) is 2. The Morgan fingerprint density at radius 2 is 2.24 bits per heavy atom. The van der Waals surface area contributed by atoms with Gasteiger partial charge < -0.3 is 5.32 Å². The van der Waals surface area contributed by atoms with Gasteiger partial charge in [-0.05, 0) is 32.7 Å². The summed E-state index contributed by atoms with van der Waals surface area (Å²) in [6, 6.07) is 1.67. The summed E-state index contributed by atoms with van der Waals surface area (Å²) in [4.78, 5) is 16.3. The first-order valence-electron chi connectivity index (χ1n) is 6.14. The summed E-state index contributed by atoms with van der Waals surface area (Å²) < 4.78 is 0. The topological polar surface area (TPSA) is 73.9 Å². The molecule has 92 valence electrons. The summed E-state index contributed by atoms with van der Waals surface area (Å²) in [5, 5.41) is 10.9. The Morgan fingerprint density at radius 1 is 1.41 bits per heavy atom. The van der Waals surface area contributed by atoms with Crippen molar-refractivity contribution in [3.8, 4) is 0 Å². The van der Waals surface area contributed by atoms with Crippen LogP contribution in [0.25, 0.3) is 0 Å². The van der Waals surface area contributed by atoms with Gasteiger partial charge in [0.1, 0.15) is 6.20 Å². The highest BCUT2D eigenvalue weighted by molar-refractivity contribution is 5.25. The van der Waals surface area contributed by atoms with Gasteiger partial charge in [0.2, 0.25) is 5.95 Å². The normalized spacial score (nSPS) is 32.6. The van der Waals surface area contributed by atoms with Gasteiger partial charge in [-0.15, -0.1) is 10.2 Å². The van der Waals surface area contributed by atoms with E-state index in [9.17, 15) is 4.79 Å². The molecule has 0 aliphatic carbocycles. The number of piperidine rings is 1. The highest BCUT2D eigenvalue weighted by Crippen LogP contribution is 2.35. The summed E-state index contributed by atoms with van der Waals surface area (Å²) in [6.45, 7) is 0. The van der Waals surface area contributed by atoms with Gasteiger partial charge in [0.15, 0.2) is 0 Å². The fourth-order valence-corrected chi connectivity index (χ4v) is 3.16. The Bertz CT molecular complexity index is 459. The Morgan fingerprint density at radius 3 is 3.06 bits per heavy atom.